The van der Waals surface area contributed by atoms with Gasteiger partial charge in [-0.15, -0.1) is 0 Å². The molecule has 14 aromatic carbocycles. The van der Waals surface area contributed by atoms with Crippen LogP contribution in [0.1, 0.15) is 44.5 Å². The Morgan fingerprint density at radius 1 is 0.327 bits per heavy atom. The van der Waals surface area contributed by atoms with E-state index in [2.05, 4.69) is 341 Å². The molecule has 17 aromatic rings. The summed E-state index contributed by atoms with van der Waals surface area (Å²) in [5.41, 5.74) is 33.4. The normalized spacial score (nSPS) is 12.0. The number of fused-ring (bicyclic) bond motifs is 16. The first-order valence-electron chi connectivity index (χ1n) is 35.6. The zero-order valence-corrected chi connectivity index (χ0v) is 68.7. The smallest absolute Gasteiger partial charge is 0.310 e. The maximum atomic E-state index is 12.3. The minimum absolute atomic E-state index is 0.122. The van der Waals surface area contributed by atoms with E-state index in [1.54, 1.807) is 18.2 Å². The van der Waals surface area contributed by atoms with Crippen molar-refractivity contribution in [3.05, 3.63) is 347 Å². The number of para-hydroxylation sites is 9. The second-order valence-corrected chi connectivity index (χ2v) is 33.3. The molecule has 0 saturated heterocycles. The second kappa shape index (κ2) is 30.3. The minimum Gasteiger partial charge on any atom is -0.310 e. The van der Waals surface area contributed by atoms with Crippen LogP contribution in [0.15, 0.2) is 297 Å². The first-order valence-corrected chi connectivity index (χ1v) is 40.5. The van der Waals surface area contributed by atoms with E-state index < -0.39 is 11.1 Å². The zero-order valence-electron chi connectivity index (χ0n) is 59.3. The number of aromatic nitrogens is 3. The molecule has 0 saturated carbocycles. The Morgan fingerprint density at radius 2 is 0.692 bits per heavy atom. The summed E-state index contributed by atoms with van der Waals surface area (Å²) in [5.74, 6) is -0.215. The van der Waals surface area contributed by atoms with Crippen LogP contribution in [0.4, 0.5) is 4.39 Å². The van der Waals surface area contributed by atoms with Gasteiger partial charge in [0, 0.05) is 68.1 Å². The number of halogens is 9. The third kappa shape index (κ3) is 12.9. The summed E-state index contributed by atoms with van der Waals surface area (Å²) in [4.78, 5) is 0. The van der Waals surface area contributed by atoms with E-state index >= 15 is 0 Å². The minimum atomic E-state index is -0.545. The molecule has 0 radical (unpaired) electrons. The van der Waals surface area contributed by atoms with Gasteiger partial charge in [-0.25, -0.2) is 4.39 Å². The number of hydrogen-bond donors (Lipinski definition) is 0. The Labute approximate surface area is 678 Å². The van der Waals surface area contributed by atoms with E-state index in [0.29, 0.717) is 4.47 Å². The Hall–Kier alpha value is -8.25. The van der Waals surface area contributed by atoms with Crippen molar-refractivity contribution in [3.8, 4) is 28.2 Å². The topological polar surface area (TPSA) is 14.8 Å². The molecule has 0 fully saturated rings. The van der Waals surface area contributed by atoms with Gasteiger partial charge >= 0.3 is 11.1 Å². The summed E-state index contributed by atoms with van der Waals surface area (Å²) in [6.45, 7) is 13.2. The molecule has 0 spiro atoms. The lowest BCUT2D eigenvalue weighted by Gasteiger charge is -2.33. The molecule has 3 aromatic heterocycles. The lowest BCUT2D eigenvalue weighted by Crippen LogP contribution is -2.62. The molecule has 3 aliphatic rings. The average Bonchev–Trinajstić information content (AvgIpc) is 1.61. The number of rotatable bonds is 5. The highest BCUT2D eigenvalue weighted by atomic mass is 79.9. The average molecular weight is 1730 g/mol. The van der Waals surface area contributed by atoms with Crippen LogP contribution in [-0.2, 0) is 6.42 Å². The maximum absolute atomic E-state index is 12.3. The van der Waals surface area contributed by atoms with Crippen LogP contribution in [0, 0.1) is 47.4 Å². The van der Waals surface area contributed by atoms with Crippen LogP contribution in [0.5, 0.6) is 0 Å². The third-order valence-electron chi connectivity index (χ3n) is 21.6. The molecular formula is C91H66B4Br4Cl4FN3. The fourth-order valence-corrected chi connectivity index (χ4v) is 20.4. The highest BCUT2D eigenvalue weighted by Gasteiger charge is 2.40. The fraction of sp³-hybridized carbons (Fsp3) is 0.0769. The van der Waals surface area contributed by atoms with E-state index in [0.717, 1.165) is 48.7 Å². The van der Waals surface area contributed by atoms with Gasteiger partial charge in [-0.2, -0.15) is 45.8 Å². The van der Waals surface area contributed by atoms with E-state index in [1.807, 2.05) is 32.9 Å². The molecule has 16 heteroatoms. The lowest BCUT2D eigenvalue weighted by molar-refractivity contribution is 0.621. The fourth-order valence-electron chi connectivity index (χ4n) is 17.3. The second-order valence-electron chi connectivity index (χ2n) is 27.7. The summed E-state index contributed by atoms with van der Waals surface area (Å²) >= 11 is 37.7. The van der Waals surface area contributed by atoms with Gasteiger partial charge in [0.25, 0.3) is 0 Å². The van der Waals surface area contributed by atoms with Crippen molar-refractivity contribution in [2.24, 2.45) is 0 Å². The van der Waals surface area contributed by atoms with Gasteiger partial charge in [0.05, 0.1) is 32.2 Å². The van der Waals surface area contributed by atoms with Crippen molar-refractivity contribution in [1.82, 2.24) is 13.7 Å². The highest BCUT2D eigenvalue weighted by Crippen LogP contribution is 2.42. The van der Waals surface area contributed by atoms with Gasteiger partial charge in [-0.05, 0) is 218 Å². The molecule has 0 unspecified atom stereocenters. The van der Waals surface area contributed by atoms with E-state index in [1.165, 1.54) is 159 Å². The van der Waals surface area contributed by atoms with Gasteiger partial charge < -0.3 is 13.7 Å². The van der Waals surface area contributed by atoms with Crippen LogP contribution in [0.3, 0.4) is 0 Å². The summed E-state index contributed by atoms with van der Waals surface area (Å²) in [6.07, 6.45) is 1.06. The van der Waals surface area contributed by atoms with E-state index in [9.17, 15) is 4.39 Å². The molecule has 0 amide bonds. The Kier molecular flexibility index (Phi) is 20.7. The molecule has 20 rings (SSSR count). The molecule has 520 valence electrons. The quantitative estimate of drug-likeness (QED) is 0.153. The molecule has 1 aliphatic carbocycles. The van der Waals surface area contributed by atoms with Gasteiger partial charge in [0.15, 0.2) is 0 Å². The van der Waals surface area contributed by atoms with Crippen molar-refractivity contribution in [1.29, 1.82) is 0 Å². The van der Waals surface area contributed by atoms with Crippen LogP contribution in [0.25, 0.3) is 93.6 Å². The Bertz CT molecular complexity index is 6160. The van der Waals surface area contributed by atoms with Gasteiger partial charge in [-0.3, -0.25) is 0 Å². The molecule has 0 atom stereocenters. The van der Waals surface area contributed by atoms with E-state index in [4.69, 9.17) is 45.8 Å². The van der Waals surface area contributed by atoms with Crippen molar-refractivity contribution in [2.75, 3.05) is 0 Å². The number of nitrogens with zero attached hydrogens (tertiary/aromatic N) is 3. The van der Waals surface area contributed by atoms with Crippen molar-refractivity contribution >= 4 is 243 Å². The van der Waals surface area contributed by atoms with Crippen molar-refractivity contribution < 1.29 is 4.39 Å². The monoisotopic (exact) mass is 1720 g/mol. The number of hydrogen-bond acceptors (Lipinski definition) is 0. The predicted octanol–water partition coefficient (Wildman–Crippen LogP) is 22.3. The Balaban J connectivity index is 0.000000123. The van der Waals surface area contributed by atoms with Crippen molar-refractivity contribution in [3.63, 3.8) is 0 Å². The molecule has 0 bridgehead atoms. The molecule has 107 heavy (non-hydrogen) atoms. The van der Waals surface area contributed by atoms with Gasteiger partial charge in [0.2, 0.25) is 13.4 Å². The largest absolute Gasteiger partial charge is 0.383 e. The first-order chi connectivity index (χ1) is 51.9. The van der Waals surface area contributed by atoms with Gasteiger partial charge in [0.1, 0.15) is 5.82 Å². The standard InChI is InChI=1S/C45H32B2N2.C18H11Br2N.C13H9Br.C9H10B2Cl4.C6H4BrF/c1-27-26-28(2)43(47-35-19-7-11-25-41(35)49-39-23-9-5-15-31(39)33-17-13-21-37(47)45(33)49)29(3)42(27)46-34-18-6-10-24-40(34)48-38-22-8-4-14-30(38)32-16-12-20-36(46)44(32)48;19-14-8-2-4-11-17(14)21-16-10-3-1-6-12(16)13-7-5-9-15(20)18(13)21;14-13-7-3-6-11-10-5-2-1-4-9(10)8-12(11)13;1-5-4-6(2)9(11(14)15)7(3)8(5)10(12)13;7-5-3-1-2-4-6(5)8/h4-26H,1-3H3;1-11H;1-7H,8H2;4H,1-3H3;1-4H. The van der Waals surface area contributed by atoms with Crippen LogP contribution in [0.2, 0.25) is 0 Å². The van der Waals surface area contributed by atoms with Crippen molar-refractivity contribution in [2.45, 2.75) is 48.0 Å². The molecular weight excluding hydrogens is 1660 g/mol. The van der Waals surface area contributed by atoms with Crippen LogP contribution < -0.4 is 43.7 Å². The summed E-state index contributed by atoms with van der Waals surface area (Å²) in [6, 6.07) is 99.1. The number of benzene rings is 14. The zero-order chi connectivity index (χ0) is 74.2. The molecule has 3 nitrogen and oxygen atoms in total. The highest BCUT2D eigenvalue weighted by molar-refractivity contribution is 9.11. The number of aryl methyl sites for hydroxylation is 4. The molecule has 0 N–H and O–H groups in total. The lowest BCUT2D eigenvalue weighted by atomic mass is 9.30. The SMILES string of the molecule is Brc1cccc2c1Cc1ccccc1-2.Brc1ccccc1-n1c2ccccc2c2cccc(Br)c21.Cc1cc(C)c(B(Cl)Cl)c(C)c1B(Cl)Cl.Cc1cc(C)c(B2c3ccccc3-n3c4ccccc4c4cccc2c43)c(C)c1B1c2ccccc2-n2c3ccccc3c3cccc1c32.Fc1ccccc1Br. The van der Waals surface area contributed by atoms with Crippen LogP contribution in [-0.4, -0.2) is 38.2 Å². The predicted molar refractivity (Wildman–Crippen MR) is 479 cm³/mol. The van der Waals surface area contributed by atoms with Gasteiger partial charge in [-0.1, -0.05) is 273 Å². The molecule has 5 heterocycles. The summed E-state index contributed by atoms with van der Waals surface area (Å²) in [5, 5.41) is 7.82. The Morgan fingerprint density at radius 3 is 1.19 bits per heavy atom. The summed E-state index contributed by atoms with van der Waals surface area (Å²) < 4.78 is 23.5. The third-order valence-corrected chi connectivity index (χ3v) is 25.2. The summed E-state index contributed by atoms with van der Waals surface area (Å²) in [7, 11) is 0. The maximum Gasteiger partial charge on any atom is 0.383 e. The first kappa shape index (κ1) is 72.9. The van der Waals surface area contributed by atoms with E-state index in [-0.39, 0.29) is 19.2 Å². The molecule has 2 aliphatic heterocycles. The van der Waals surface area contributed by atoms with Crippen LogP contribution >= 0.6 is 110 Å².